The number of nitrogens with zero attached hydrogens (tertiary/aromatic N) is 2. The fourth-order valence-electron chi connectivity index (χ4n) is 1.85. The lowest BCUT2D eigenvalue weighted by Gasteiger charge is -2.16. The number of amides is 3. The maximum Gasteiger partial charge on any atom is 0.327 e. The fourth-order valence-corrected chi connectivity index (χ4v) is 1.85. The van der Waals surface area contributed by atoms with Crippen LogP contribution >= 0.6 is 0 Å². The zero-order valence-corrected chi connectivity index (χ0v) is 9.04. The molecule has 5 nitrogen and oxygen atoms in total. The number of carbonyl (C=O) groups excluding carboxylic acids is 2. The lowest BCUT2D eigenvalue weighted by Crippen LogP contribution is -2.27. The highest BCUT2D eigenvalue weighted by atomic mass is 16.3. The molecular weight excluding hydrogens is 208 g/mol. The Morgan fingerprint density at radius 3 is 2.44 bits per heavy atom. The van der Waals surface area contributed by atoms with Crippen LogP contribution in [0.4, 0.5) is 4.79 Å². The molecule has 1 aromatic carbocycles. The second-order valence-electron chi connectivity index (χ2n) is 3.79. The summed E-state index contributed by atoms with van der Waals surface area (Å²) in [7, 11) is 3.02. The standard InChI is InChI=1S/C11H12N2O3/c1-12-9(10(15)13(2)11(12)16)7-4-3-5-8(14)6-7/h3-6,9,14H,1-2H3. The Balaban J connectivity index is 2.42. The normalized spacial score (nSPS) is 20.8. The summed E-state index contributed by atoms with van der Waals surface area (Å²) in [6, 6.07) is 5.41. The van der Waals surface area contributed by atoms with Crippen LogP contribution in [0.2, 0.25) is 0 Å². The Kier molecular flexibility index (Phi) is 2.30. The number of phenolic OH excluding ortho intramolecular Hbond substituents is 1. The van der Waals surface area contributed by atoms with Crippen molar-refractivity contribution in [2.45, 2.75) is 6.04 Å². The second-order valence-corrected chi connectivity index (χ2v) is 3.79. The van der Waals surface area contributed by atoms with Crippen molar-refractivity contribution in [2.75, 3.05) is 14.1 Å². The number of likely N-dealkylation sites (N-methyl/N-ethyl adjacent to an activating group) is 2. The van der Waals surface area contributed by atoms with Crippen LogP contribution < -0.4 is 0 Å². The first kappa shape index (κ1) is 10.5. The smallest absolute Gasteiger partial charge is 0.327 e. The molecule has 84 valence electrons. The van der Waals surface area contributed by atoms with Gasteiger partial charge in [0.15, 0.2) is 0 Å². The lowest BCUT2D eigenvalue weighted by molar-refractivity contribution is -0.127. The van der Waals surface area contributed by atoms with E-state index in [2.05, 4.69) is 0 Å². The lowest BCUT2D eigenvalue weighted by atomic mass is 10.1. The van der Waals surface area contributed by atoms with Gasteiger partial charge in [-0.25, -0.2) is 4.79 Å². The molecule has 0 aromatic heterocycles. The van der Waals surface area contributed by atoms with Gasteiger partial charge in [-0.15, -0.1) is 0 Å². The first-order valence-electron chi connectivity index (χ1n) is 4.85. The van der Waals surface area contributed by atoms with E-state index in [-0.39, 0.29) is 17.7 Å². The summed E-state index contributed by atoms with van der Waals surface area (Å²) < 4.78 is 0. The van der Waals surface area contributed by atoms with Crippen molar-refractivity contribution in [1.29, 1.82) is 0 Å². The molecule has 5 heteroatoms. The van der Waals surface area contributed by atoms with Gasteiger partial charge in [0.2, 0.25) is 0 Å². The van der Waals surface area contributed by atoms with Crippen molar-refractivity contribution < 1.29 is 14.7 Å². The van der Waals surface area contributed by atoms with E-state index >= 15 is 0 Å². The average Bonchev–Trinajstić information content (AvgIpc) is 2.44. The van der Waals surface area contributed by atoms with E-state index in [0.717, 1.165) is 4.90 Å². The molecule has 1 atom stereocenters. The summed E-state index contributed by atoms with van der Waals surface area (Å²) in [6.07, 6.45) is 0. The number of aromatic hydroxyl groups is 1. The summed E-state index contributed by atoms with van der Waals surface area (Å²) in [5.41, 5.74) is 0.616. The molecule has 16 heavy (non-hydrogen) atoms. The molecule has 1 saturated heterocycles. The van der Waals surface area contributed by atoms with Crippen molar-refractivity contribution in [2.24, 2.45) is 0 Å². The SMILES string of the molecule is CN1C(=O)C(c2cccc(O)c2)N(C)C1=O. The molecule has 1 fully saturated rings. The molecule has 0 spiro atoms. The quantitative estimate of drug-likeness (QED) is 0.717. The molecule has 1 N–H and O–H groups in total. The predicted octanol–water partition coefficient (Wildman–Crippen LogP) is 0.957. The number of urea groups is 1. The number of imide groups is 1. The Morgan fingerprint density at radius 2 is 1.94 bits per heavy atom. The third-order valence-electron chi connectivity index (χ3n) is 2.73. The molecule has 0 saturated carbocycles. The highest BCUT2D eigenvalue weighted by molar-refractivity contribution is 6.04. The van der Waals surface area contributed by atoms with Crippen molar-refractivity contribution in [3.8, 4) is 5.75 Å². The molecule has 1 aliphatic heterocycles. The molecule has 1 unspecified atom stereocenters. The first-order valence-corrected chi connectivity index (χ1v) is 4.85. The van der Waals surface area contributed by atoms with E-state index in [0.29, 0.717) is 5.56 Å². The van der Waals surface area contributed by atoms with Crippen LogP contribution in [0.15, 0.2) is 24.3 Å². The Morgan fingerprint density at radius 1 is 1.25 bits per heavy atom. The van der Waals surface area contributed by atoms with E-state index < -0.39 is 6.04 Å². The highest BCUT2D eigenvalue weighted by Gasteiger charge is 2.41. The summed E-state index contributed by atoms with van der Waals surface area (Å²) >= 11 is 0. The van der Waals surface area contributed by atoms with Crippen LogP contribution in [0.3, 0.4) is 0 Å². The Hall–Kier alpha value is -2.04. The predicted molar refractivity (Wildman–Crippen MR) is 56.8 cm³/mol. The third-order valence-corrected chi connectivity index (χ3v) is 2.73. The van der Waals surface area contributed by atoms with Crippen molar-refractivity contribution >= 4 is 11.9 Å². The minimum atomic E-state index is -0.635. The zero-order chi connectivity index (χ0) is 11.9. The number of hydrogen-bond donors (Lipinski definition) is 1. The van der Waals surface area contributed by atoms with Gasteiger partial charge in [-0.2, -0.15) is 0 Å². The topological polar surface area (TPSA) is 60.9 Å². The second kappa shape index (κ2) is 3.52. The van der Waals surface area contributed by atoms with Gasteiger partial charge < -0.3 is 10.0 Å². The van der Waals surface area contributed by atoms with Gasteiger partial charge in [0, 0.05) is 14.1 Å². The minimum absolute atomic E-state index is 0.0840. The molecular formula is C11H12N2O3. The van der Waals surface area contributed by atoms with Crippen molar-refractivity contribution in [3.05, 3.63) is 29.8 Å². The number of benzene rings is 1. The zero-order valence-electron chi connectivity index (χ0n) is 9.04. The van der Waals surface area contributed by atoms with Crippen molar-refractivity contribution in [1.82, 2.24) is 9.80 Å². The van der Waals surface area contributed by atoms with E-state index in [9.17, 15) is 14.7 Å². The number of carbonyl (C=O) groups is 2. The maximum absolute atomic E-state index is 11.8. The van der Waals surface area contributed by atoms with Gasteiger partial charge in [0.25, 0.3) is 5.91 Å². The Bertz CT molecular complexity index is 458. The largest absolute Gasteiger partial charge is 0.508 e. The molecule has 0 bridgehead atoms. The van der Waals surface area contributed by atoms with E-state index in [4.69, 9.17) is 0 Å². The van der Waals surface area contributed by atoms with Crippen LogP contribution in [-0.2, 0) is 4.79 Å². The number of phenols is 1. The van der Waals surface area contributed by atoms with Crippen molar-refractivity contribution in [3.63, 3.8) is 0 Å². The van der Waals surface area contributed by atoms with Gasteiger partial charge in [0.05, 0.1) is 0 Å². The third kappa shape index (κ3) is 1.41. The average molecular weight is 220 g/mol. The van der Waals surface area contributed by atoms with Crippen LogP contribution in [0, 0.1) is 0 Å². The van der Waals surface area contributed by atoms with Gasteiger partial charge in [0.1, 0.15) is 11.8 Å². The monoisotopic (exact) mass is 220 g/mol. The number of rotatable bonds is 1. The fraction of sp³-hybridized carbons (Fsp3) is 0.273. The molecule has 1 aromatic rings. The summed E-state index contributed by atoms with van der Waals surface area (Å²) in [4.78, 5) is 25.8. The van der Waals surface area contributed by atoms with Crippen LogP contribution in [-0.4, -0.2) is 40.9 Å². The van der Waals surface area contributed by atoms with Gasteiger partial charge in [-0.3, -0.25) is 9.69 Å². The molecule has 0 radical (unpaired) electrons. The maximum atomic E-state index is 11.8. The van der Waals surface area contributed by atoms with Gasteiger partial charge in [-0.05, 0) is 17.7 Å². The molecule has 1 aliphatic rings. The van der Waals surface area contributed by atoms with Gasteiger partial charge >= 0.3 is 6.03 Å². The summed E-state index contributed by atoms with van der Waals surface area (Å²) in [6.45, 7) is 0. The van der Waals surface area contributed by atoms with Crippen LogP contribution in [0.25, 0.3) is 0 Å². The number of hydrogen-bond acceptors (Lipinski definition) is 3. The Labute approximate surface area is 92.9 Å². The summed E-state index contributed by atoms with van der Waals surface area (Å²) in [5, 5.41) is 9.35. The molecule has 0 aliphatic carbocycles. The molecule has 3 amide bonds. The van der Waals surface area contributed by atoms with E-state index in [1.54, 1.807) is 19.2 Å². The molecule has 2 rings (SSSR count). The van der Waals surface area contributed by atoms with E-state index in [1.165, 1.54) is 24.1 Å². The first-order chi connectivity index (χ1) is 7.52. The highest BCUT2D eigenvalue weighted by Crippen LogP contribution is 2.29. The van der Waals surface area contributed by atoms with Crippen LogP contribution in [0.1, 0.15) is 11.6 Å². The summed E-state index contributed by atoms with van der Waals surface area (Å²) in [5.74, 6) is -0.196. The van der Waals surface area contributed by atoms with Gasteiger partial charge in [-0.1, -0.05) is 12.1 Å². The molecule has 1 heterocycles. The van der Waals surface area contributed by atoms with Crippen LogP contribution in [0.5, 0.6) is 5.75 Å². The van der Waals surface area contributed by atoms with E-state index in [1.807, 2.05) is 0 Å². The minimum Gasteiger partial charge on any atom is -0.508 e.